The number of benzene rings is 1. The van der Waals surface area contributed by atoms with Crippen molar-refractivity contribution in [3.05, 3.63) is 21.5 Å². The van der Waals surface area contributed by atoms with E-state index in [-0.39, 0.29) is 5.82 Å². The number of nitrogens with two attached hydrogens (primary N) is 1. The molecule has 90 valence electrons. The van der Waals surface area contributed by atoms with Crippen LogP contribution in [0.2, 0.25) is 0 Å². The summed E-state index contributed by atoms with van der Waals surface area (Å²) in [5, 5.41) is 12.6. The smallest absolute Gasteiger partial charge is 0.138 e. The Kier molecular flexibility index (Phi) is 4.01. The Hall–Kier alpha value is -0.560. The maximum Gasteiger partial charge on any atom is 0.138 e. The molecule has 0 saturated carbocycles. The number of rotatable bonds is 3. The van der Waals surface area contributed by atoms with Crippen molar-refractivity contribution in [1.29, 1.82) is 0 Å². The minimum absolute atomic E-state index is 0.321. The maximum absolute atomic E-state index is 13.4. The third-order valence-electron chi connectivity index (χ3n) is 2.59. The highest BCUT2D eigenvalue weighted by Crippen LogP contribution is 2.27. The highest BCUT2D eigenvalue weighted by atomic mass is 127. The van der Waals surface area contributed by atoms with Gasteiger partial charge in [0.05, 0.1) is 26.6 Å². The summed E-state index contributed by atoms with van der Waals surface area (Å²) in [5.41, 5.74) is 6.20. The van der Waals surface area contributed by atoms with E-state index in [1.165, 1.54) is 6.07 Å². The number of hydrogen-bond acceptors (Lipinski definition) is 3. The van der Waals surface area contributed by atoms with Crippen LogP contribution in [-0.2, 0) is 0 Å². The van der Waals surface area contributed by atoms with E-state index in [0.717, 1.165) is 0 Å². The molecule has 5 heteroatoms. The van der Waals surface area contributed by atoms with Crippen molar-refractivity contribution >= 4 is 34.0 Å². The monoisotopic (exact) mass is 338 g/mol. The van der Waals surface area contributed by atoms with E-state index in [4.69, 9.17) is 5.73 Å². The molecule has 0 spiro atoms. The minimum Gasteiger partial charge on any atom is -0.397 e. The molecule has 0 aliphatic carbocycles. The van der Waals surface area contributed by atoms with Crippen LogP contribution in [0, 0.1) is 9.39 Å². The molecule has 0 bridgehead atoms. The topological polar surface area (TPSA) is 58.3 Å². The van der Waals surface area contributed by atoms with Crippen LogP contribution in [-0.4, -0.2) is 16.7 Å². The molecule has 16 heavy (non-hydrogen) atoms. The molecule has 1 atom stereocenters. The molecule has 1 rings (SSSR count). The molecular formula is C11H16FIN2O. The number of nitrogen functional groups attached to an aromatic ring is 1. The Labute approximate surface area is 108 Å². The average molecular weight is 338 g/mol. The molecule has 1 aromatic rings. The zero-order valence-electron chi connectivity index (χ0n) is 9.51. The quantitative estimate of drug-likeness (QED) is 0.587. The molecule has 0 fully saturated rings. The number of aliphatic hydroxyl groups excluding tert-OH is 1. The summed E-state index contributed by atoms with van der Waals surface area (Å²) in [5.74, 6) is -0.321. The summed E-state index contributed by atoms with van der Waals surface area (Å²) in [6.45, 7) is 5.33. The SMILES string of the molecule is CC(O)C(C)(C)Nc1cc(F)c(I)cc1N. The van der Waals surface area contributed by atoms with Crippen LogP contribution in [0.25, 0.3) is 0 Å². The van der Waals surface area contributed by atoms with Crippen LogP contribution in [0.15, 0.2) is 12.1 Å². The molecule has 0 aliphatic rings. The fraction of sp³-hybridized carbons (Fsp3) is 0.455. The highest BCUT2D eigenvalue weighted by molar-refractivity contribution is 14.1. The lowest BCUT2D eigenvalue weighted by molar-refractivity contribution is 0.133. The molecule has 0 aliphatic heterocycles. The van der Waals surface area contributed by atoms with Gasteiger partial charge in [-0.3, -0.25) is 0 Å². The molecule has 1 aromatic carbocycles. The molecule has 1 unspecified atom stereocenters. The third kappa shape index (κ3) is 2.98. The van der Waals surface area contributed by atoms with Crippen molar-refractivity contribution in [2.75, 3.05) is 11.1 Å². The maximum atomic E-state index is 13.4. The van der Waals surface area contributed by atoms with Gasteiger partial charge in [-0.25, -0.2) is 4.39 Å². The van der Waals surface area contributed by atoms with Gasteiger partial charge in [-0.15, -0.1) is 0 Å². The first-order valence-electron chi connectivity index (χ1n) is 4.95. The van der Waals surface area contributed by atoms with Gasteiger partial charge in [-0.2, -0.15) is 0 Å². The van der Waals surface area contributed by atoms with Crippen LogP contribution >= 0.6 is 22.6 Å². The number of nitrogens with one attached hydrogen (secondary N) is 1. The first kappa shape index (κ1) is 13.5. The summed E-state index contributed by atoms with van der Waals surface area (Å²) < 4.78 is 13.9. The summed E-state index contributed by atoms with van der Waals surface area (Å²) in [6, 6.07) is 2.91. The first-order chi connectivity index (χ1) is 7.24. The lowest BCUT2D eigenvalue weighted by Gasteiger charge is -2.31. The Bertz CT molecular complexity index is 394. The van der Waals surface area contributed by atoms with Crippen molar-refractivity contribution in [2.45, 2.75) is 32.4 Å². The van der Waals surface area contributed by atoms with E-state index < -0.39 is 11.6 Å². The molecule has 0 amide bonds. The number of anilines is 2. The molecule has 0 aromatic heterocycles. The molecular weight excluding hydrogens is 322 g/mol. The van der Waals surface area contributed by atoms with Gasteiger partial charge in [0.2, 0.25) is 0 Å². The van der Waals surface area contributed by atoms with E-state index in [0.29, 0.717) is 14.9 Å². The van der Waals surface area contributed by atoms with Gasteiger partial charge in [-0.05, 0) is 49.4 Å². The summed E-state index contributed by atoms with van der Waals surface area (Å²) >= 11 is 1.89. The Morgan fingerprint density at radius 1 is 1.50 bits per heavy atom. The molecule has 0 radical (unpaired) electrons. The lowest BCUT2D eigenvalue weighted by Crippen LogP contribution is -2.42. The minimum atomic E-state index is -0.575. The number of hydrogen-bond donors (Lipinski definition) is 3. The fourth-order valence-corrected chi connectivity index (χ4v) is 1.61. The predicted octanol–water partition coefficient (Wildman–Crippen LogP) is 2.58. The van der Waals surface area contributed by atoms with Crippen LogP contribution in [0.5, 0.6) is 0 Å². The average Bonchev–Trinajstić information content (AvgIpc) is 2.13. The van der Waals surface area contributed by atoms with Gasteiger partial charge in [0.1, 0.15) is 5.82 Å². The van der Waals surface area contributed by atoms with E-state index in [1.54, 1.807) is 13.0 Å². The Morgan fingerprint density at radius 3 is 2.56 bits per heavy atom. The summed E-state index contributed by atoms with van der Waals surface area (Å²) in [7, 11) is 0. The van der Waals surface area contributed by atoms with Crippen molar-refractivity contribution in [1.82, 2.24) is 0 Å². The number of halogens is 2. The number of aliphatic hydroxyl groups is 1. The third-order valence-corrected chi connectivity index (χ3v) is 3.42. The lowest BCUT2D eigenvalue weighted by atomic mass is 9.98. The van der Waals surface area contributed by atoms with E-state index in [1.807, 2.05) is 36.4 Å². The molecule has 0 heterocycles. The van der Waals surface area contributed by atoms with E-state index in [9.17, 15) is 9.50 Å². The van der Waals surface area contributed by atoms with Crippen LogP contribution < -0.4 is 11.1 Å². The summed E-state index contributed by atoms with van der Waals surface area (Å²) in [4.78, 5) is 0. The van der Waals surface area contributed by atoms with Crippen molar-refractivity contribution in [2.24, 2.45) is 0 Å². The van der Waals surface area contributed by atoms with Gasteiger partial charge < -0.3 is 16.2 Å². The van der Waals surface area contributed by atoms with Gasteiger partial charge in [0.25, 0.3) is 0 Å². The normalized spacial score (nSPS) is 13.6. The van der Waals surface area contributed by atoms with E-state index >= 15 is 0 Å². The second kappa shape index (κ2) is 4.75. The fourth-order valence-electron chi connectivity index (χ4n) is 1.12. The standard InChI is InChI=1S/C11H16FIN2O/c1-6(16)11(2,3)15-10-4-7(12)8(13)5-9(10)14/h4-6,15-16H,14H2,1-3H3. The summed E-state index contributed by atoms with van der Waals surface area (Å²) in [6.07, 6.45) is -0.575. The van der Waals surface area contributed by atoms with Crippen molar-refractivity contribution in [3.63, 3.8) is 0 Å². The van der Waals surface area contributed by atoms with Gasteiger partial charge in [0.15, 0.2) is 0 Å². The molecule has 4 N–H and O–H groups in total. The zero-order valence-corrected chi connectivity index (χ0v) is 11.7. The predicted molar refractivity (Wildman–Crippen MR) is 72.9 cm³/mol. The second-order valence-corrected chi connectivity index (χ2v) is 5.54. The van der Waals surface area contributed by atoms with Gasteiger partial charge >= 0.3 is 0 Å². The zero-order chi connectivity index (χ0) is 12.5. The molecule has 3 nitrogen and oxygen atoms in total. The largest absolute Gasteiger partial charge is 0.397 e. The van der Waals surface area contributed by atoms with Crippen LogP contribution in [0.4, 0.5) is 15.8 Å². The highest BCUT2D eigenvalue weighted by Gasteiger charge is 2.24. The van der Waals surface area contributed by atoms with Crippen LogP contribution in [0.3, 0.4) is 0 Å². The van der Waals surface area contributed by atoms with Crippen molar-refractivity contribution in [3.8, 4) is 0 Å². The molecule has 0 saturated heterocycles. The second-order valence-electron chi connectivity index (χ2n) is 4.38. The first-order valence-corrected chi connectivity index (χ1v) is 6.02. The van der Waals surface area contributed by atoms with Gasteiger partial charge in [0, 0.05) is 6.07 Å². The van der Waals surface area contributed by atoms with E-state index in [2.05, 4.69) is 5.32 Å². The van der Waals surface area contributed by atoms with Crippen LogP contribution in [0.1, 0.15) is 20.8 Å². The Balaban J connectivity index is 3.02. The van der Waals surface area contributed by atoms with Crippen molar-refractivity contribution < 1.29 is 9.50 Å². The Morgan fingerprint density at radius 2 is 2.06 bits per heavy atom. The van der Waals surface area contributed by atoms with Gasteiger partial charge in [-0.1, -0.05) is 0 Å².